The molecule has 1 aromatic carbocycles. The Morgan fingerprint density at radius 1 is 1.12 bits per heavy atom. The molecule has 3 heterocycles. The summed E-state index contributed by atoms with van der Waals surface area (Å²) in [6, 6.07) is 7.93. The molecule has 9 heteroatoms. The quantitative estimate of drug-likeness (QED) is 0.515. The number of aromatic nitrogens is 1. The summed E-state index contributed by atoms with van der Waals surface area (Å²) in [6.07, 6.45) is 4.32. The number of piperazine rings is 1. The first-order valence-corrected chi connectivity index (χ1v) is 16.7. The van der Waals surface area contributed by atoms with E-state index in [4.69, 9.17) is 4.98 Å². The van der Waals surface area contributed by atoms with Crippen molar-refractivity contribution < 1.29 is 14.7 Å². The zero-order chi connectivity index (χ0) is 29.6. The molecule has 42 heavy (non-hydrogen) atoms. The van der Waals surface area contributed by atoms with Crippen molar-refractivity contribution in [2.24, 2.45) is 23.2 Å². The summed E-state index contributed by atoms with van der Waals surface area (Å²) < 4.78 is 0. The third-order valence-corrected chi connectivity index (χ3v) is 11.8. The van der Waals surface area contributed by atoms with Crippen LogP contribution in [-0.4, -0.2) is 89.0 Å². The Hall–Kier alpha value is -2.33. The molecule has 1 saturated carbocycles. The van der Waals surface area contributed by atoms with E-state index < -0.39 is 6.10 Å². The van der Waals surface area contributed by atoms with Crippen molar-refractivity contribution in [3.63, 3.8) is 0 Å². The number of hydrogen-bond donors (Lipinski definition) is 2. The Morgan fingerprint density at radius 2 is 1.81 bits per heavy atom. The SMILES string of the molecule is CC(C(=O)N1CCCC1)C1CCC2(C)Cc3sc(NC(=O)c4ccc(CN5CCN(C)CC5)cc4)nc3C(C)C2C1O. The van der Waals surface area contributed by atoms with Crippen LogP contribution in [0.5, 0.6) is 0 Å². The Bertz CT molecular complexity index is 1280. The number of nitrogens with one attached hydrogen (secondary N) is 1. The van der Waals surface area contributed by atoms with Crippen molar-refractivity contribution in [3.05, 3.63) is 46.0 Å². The number of nitrogens with zero attached hydrogens (tertiary/aromatic N) is 4. The lowest BCUT2D eigenvalue weighted by Gasteiger charge is -2.53. The predicted molar refractivity (Wildman–Crippen MR) is 167 cm³/mol. The van der Waals surface area contributed by atoms with Gasteiger partial charge in [0.25, 0.3) is 5.91 Å². The summed E-state index contributed by atoms with van der Waals surface area (Å²) in [5.74, 6) is -0.0441. The molecule has 6 rings (SSSR count). The van der Waals surface area contributed by atoms with Gasteiger partial charge in [0.15, 0.2) is 5.13 Å². The van der Waals surface area contributed by atoms with E-state index in [1.165, 1.54) is 10.4 Å². The molecule has 0 bridgehead atoms. The van der Waals surface area contributed by atoms with Crippen molar-refractivity contribution in [1.82, 2.24) is 19.7 Å². The van der Waals surface area contributed by atoms with Gasteiger partial charge < -0.3 is 14.9 Å². The second kappa shape index (κ2) is 12.0. The van der Waals surface area contributed by atoms with Gasteiger partial charge in [0.05, 0.1) is 11.8 Å². The number of amides is 2. The van der Waals surface area contributed by atoms with E-state index in [0.29, 0.717) is 10.7 Å². The van der Waals surface area contributed by atoms with Crippen LogP contribution in [0.2, 0.25) is 0 Å². The van der Waals surface area contributed by atoms with E-state index in [2.05, 4.69) is 48.1 Å². The van der Waals surface area contributed by atoms with E-state index in [1.54, 1.807) is 11.3 Å². The normalized spacial score (nSPS) is 30.9. The molecule has 2 aliphatic heterocycles. The average molecular weight is 594 g/mol. The van der Waals surface area contributed by atoms with E-state index >= 15 is 0 Å². The third kappa shape index (κ3) is 5.77. The van der Waals surface area contributed by atoms with Crippen LogP contribution in [0.25, 0.3) is 0 Å². The molecular formula is C33H47N5O3S. The van der Waals surface area contributed by atoms with Gasteiger partial charge in [0.1, 0.15) is 0 Å². The zero-order valence-electron chi connectivity index (χ0n) is 25.6. The largest absolute Gasteiger partial charge is 0.392 e. The molecule has 2 saturated heterocycles. The lowest BCUT2D eigenvalue weighted by molar-refractivity contribution is -0.143. The van der Waals surface area contributed by atoms with E-state index in [1.807, 2.05) is 24.0 Å². The monoisotopic (exact) mass is 593 g/mol. The summed E-state index contributed by atoms with van der Waals surface area (Å²) in [5, 5.41) is 15.4. The van der Waals surface area contributed by atoms with E-state index in [0.717, 1.165) is 83.6 Å². The summed E-state index contributed by atoms with van der Waals surface area (Å²) in [5.41, 5.74) is 2.80. The lowest BCUT2D eigenvalue weighted by atomic mass is 9.53. The van der Waals surface area contributed by atoms with Crippen LogP contribution in [0, 0.1) is 23.2 Å². The summed E-state index contributed by atoms with van der Waals surface area (Å²) >= 11 is 1.58. The number of anilines is 1. The number of aliphatic hydroxyl groups excluding tert-OH is 1. The molecule has 0 radical (unpaired) electrons. The number of hydrogen-bond acceptors (Lipinski definition) is 7. The highest BCUT2D eigenvalue weighted by atomic mass is 32.1. The second-order valence-corrected chi connectivity index (χ2v) is 14.8. The number of carbonyl (C=O) groups excluding carboxylic acids is 2. The Morgan fingerprint density at radius 3 is 2.50 bits per heavy atom. The zero-order valence-corrected chi connectivity index (χ0v) is 26.5. The van der Waals surface area contributed by atoms with E-state index in [-0.39, 0.29) is 40.9 Å². The van der Waals surface area contributed by atoms with Gasteiger partial charge in [-0.15, -0.1) is 11.3 Å². The fourth-order valence-corrected chi connectivity index (χ4v) is 9.46. The number of carbonyl (C=O) groups is 2. The number of likely N-dealkylation sites (tertiary alicyclic amines) is 1. The molecule has 0 spiro atoms. The maximum atomic E-state index is 13.2. The van der Waals surface area contributed by atoms with Crippen molar-refractivity contribution in [2.45, 2.75) is 71.4 Å². The second-order valence-electron chi connectivity index (χ2n) is 13.7. The Balaban J connectivity index is 1.11. The first kappa shape index (κ1) is 29.7. The van der Waals surface area contributed by atoms with Crippen LogP contribution in [0.3, 0.4) is 0 Å². The molecule has 3 fully saturated rings. The molecule has 1 aromatic heterocycles. The maximum Gasteiger partial charge on any atom is 0.257 e. The fourth-order valence-electron chi connectivity index (χ4n) is 8.20. The average Bonchev–Trinajstić information content (AvgIpc) is 3.64. The minimum atomic E-state index is -0.544. The number of rotatable bonds is 6. The summed E-state index contributed by atoms with van der Waals surface area (Å²) in [6.45, 7) is 13.4. The third-order valence-electron chi connectivity index (χ3n) is 10.8. The first-order chi connectivity index (χ1) is 20.1. The Labute approximate surface area is 254 Å². The highest BCUT2D eigenvalue weighted by Crippen LogP contribution is 2.57. The number of likely N-dealkylation sites (N-methyl/N-ethyl adjacent to an activating group) is 1. The Kier molecular flexibility index (Phi) is 8.48. The minimum Gasteiger partial charge on any atom is -0.392 e. The van der Waals surface area contributed by atoms with Crippen LogP contribution in [-0.2, 0) is 17.8 Å². The van der Waals surface area contributed by atoms with Crippen LogP contribution in [0.4, 0.5) is 5.13 Å². The predicted octanol–water partition coefficient (Wildman–Crippen LogP) is 4.45. The van der Waals surface area contributed by atoms with Gasteiger partial charge in [-0.1, -0.05) is 32.9 Å². The van der Waals surface area contributed by atoms with Crippen LogP contribution < -0.4 is 5.32 Å². The standard InChI is InChI=1S/C33H47N5O3S/c1-21(31(41)38-13-5-6-14-38)25-11-12-33(3)19-26-28(22(2)27(33)29(25)39)34-32(42-26)35-30(40)24-9-7-23(8-10-24)20-37-17-15-36(4)16-18-37/h7-10,21-22,25,27,29,39H,5-6,11-20H2,1-4H3,(H,34,35,40). The number of fused-ring (bicyclic) bond motifs is 2. The number of benzene rings is 1. The van der Waals surface area contributed by atoms with Gasteiger partial charge in [-0.25, -0.2) is 4.98 Å². The van der Waals surface area contributed by atoms with Crippen LogP contribution >= 0.6 is 11.3 Å². The van der Waals surface area contributed by atoms with Gasteiger partial charge in [-0.05, 0) is 74.1 Å². The molecule has 2 aromatic rings. The molecule has 228 valence electrons. The van der Waals surface area contributed by atoms with Gasteiger partial charge in [0, 0.05) is 68.1 Å². The van der Waals surface area contributed by atoms with Crippen molar-refractivity contribution in [3.8, 4) is 0 Å². The van der Waals surface area contributed by atoms with Gasteiger partial charge in [0.2, 0.25) is 5.91 Å². The topological polar surface area (TPSA) is 89.0 Å². The fraction of sp³-hybridized carbons (Fsp3) is 0.667. The van der Waals surface area contributed by atoms with Crippen molar-refractivity contribution in [1.29, 1.82) is 0 Å². The minimum absolute atomic E-state index is 0.0304. The maximum absolute atomic E-state index is 13.2. The van der Waals surface area contributed by atoms with Crippen LogP contribution in [0.15, 0.2) is 24.3 Å². The molecule has 2 amide bonds. The van der Waals surface area contributed by atoms with Crippen molar-refractivity contribution >= 4 is 28.3 Å². The molecular weight excluding hydrogens is 546 g/mol. The lowest BCUT2D eigenvalue weighted by Crippen LogP contribution is -2.53. The molecule has 2 N–H and O–H groups in total. The summed E-state index contributed by atoms with van der Waals surface area (Å²) in [4.78, 5) is 39.3. The highest BCUT2D eigenvalue weighted by Gasteiger charge is 2.54. The first-order valence-electron chi connectivity index (χ1n) is 15.9. The number of aliphatic hydroxyl groups is 1. The van der Waals surface area contributed by atoms with Gasteiger partial charge in [-0.3, -0.25) is 19.8 Å². The highest BCUT2D eigenvalue weighted by molar-refractivity contribution is 7.15. The van der Waals surface area contributed by atoms with Crippen LogP contribution in [0.1, 0.15) is 78.9 Å². The smallest absolute Gasteiger partial charge is 0.257 e. The van der Waals surface area contributed by atoms with Gasteiger partial charge in [-0.2, -0.15) is 0 Å². The van der Waals surface area contributed by atoms with Gasteiger partial charge >= 0.3 is 0 Å². The molecule has 4 aliphatic rings. The molecule has 6 atom stereocenters. The molecule has 2 aliphatic carbocycles. The van der Waals surface area contributed by atoms with Crippen molar-refractivity contribution in [2.75, 3.05) is 51.6 Å². The summed E-state index contributed by atoms with van der Waals surface area (Å²) in [7, 11) is 2.16. The molecule has 8 nitrogen and oxygen atoms in total. The number of thiazole rings is 1. The molecule has 6 unspecified atom stereocenters. The van der Waals surface area contributed by atoms with E-state index in [9.17, 15) is 14.7 Å².